The van der Waals surface area contributed by atoms with Gasteiger partial charge in [-0.3, -0.25) is 10.9 Å². The van der Waals surface area contributed by atoms with Crippen LogP contribution in [-0.4, -0.2) is 54.2 Å². The second-order valence-electron chi connectivity index (χ2n) is 3.73. The first-order chi connectivity index (χ1) is 8.34. The standard InChI is InChI=1S/C7H18N10O/c1-16-3(12-14-5(8)9)4(13-15-6(10)11)17(2)7(16)18/h3-4,12-13H,1-2H3,(H4,8,9,14)(H4,10,11,15)/t3-,4+. The molecule has 1 aliphatic rings. The van der Waals surface area contributed by atoms with Crippen LogP contribution in [0, 0.1) is 0 Å². The van der Waals surface area contributed by atoms with E-state index in [1.165, 1.54) is 9.80 Å². The molecular formula is C7H18N10O. The lowest BCUT2D eigenvalue weighted by atomic mass is 10.4. The summed E-state index contributed by atoms with van der Waals surface area (Å²) in [5.74, 6) is -0.294. The minimum absolute atomic E-state index is 0.147. The third-order valence-corrected chi connectivity index (χ3v) is 2.39. The average molecular weight is 258 g/mol. The predicted octanol–water partition coefficient (Wildman–Crippen LogP) is -3.81. The Morgan fingerprint density at radius 1 is 1.00 bits per heavy atom. The third kappa shape index (κ3) is 2.75. The van der Waals surface area contributed by atoms with Gasteiger partial charge in [-0.2, -0.15) is 0 Å². The van der Waals surface area contributed by atoms with Crippen LogP contribution >= 0.6 is 0 Å². The van der Waals surface area contributed by atoms with E-state index in [1.54, 1.807) is 14.1 Å². The molecule has 0 bridgehead atoms. The second kappa shape index (κ2) is 5.16. The van der Waals surface area contributed by atoms with Crippen molar-refractivity contribution >= 4 is 18.0 Å². The zero-order valence-corrected chi connectivity index (χ0v) is 10.2. The number of guanidine groups is 2. The molecule has 11 nitrogen and oxygen atoms in total. The fourth-order valence-corrected chi connectivity index (χ4v) is 1.51. The molecule has 0 aromatic rings. The number of hydrogen-bond donors (Lipinski definition) is 6. The average Bonchev–Trinajstić information content (AvgIpc) is 2.48. The molecule has 0 saturated carbocycles. The Bertz CT molecular complexity index is 336. The minimum Gasteiger partial charge on any atom is -0.369 e. The van der Waals surface area contributed by atoms with Gasteiger partial charge < -0.3 is 32.7 Å². The molecule has 11 heteroatoms. The molecule has 0 aliphatic carbocycles. The Morgan fingerprint density at radius 3 is 1.61 bits per heavy atom. The molecule has 0 radical (unpaired) electrons. The SMILES string of the molecule is CN1C(=O)N(C)[C@@H](NN=C(N)N)[C@H]1NN=C(N)N. The lowest BCUT2D eigenvalue weighted by Crippen LogP contribution is -2.52. The summed E-state index contributed by atoms with van der Waals surface area (Å²) in [6, 6.07) is -0.235. The van der Waals surface area contributed by atoms with Crippen molar-refractivity contribution in [2.24, 2.45) is 33.1 Å². The van der Waals surface area contributed by atoms with Gasteiger partial charge in [0.25, 0.3) is 0 Å². The van der Waals surface area contributed by atoms with E-state index in [1.807, 2.05) is 0 Å². The smallest absolute Gasteiger partial charge is 0.323 e. The Labute approximate surface area is 104 Å². The highest BCUT2D eigenvalue weighted by Gasteiger charge is 2.42. The minimum atomic E-state index is -0.521. The number of nitrogens with two attached hydrogens (primary N) is 4. The summed E-state index contributed by atoms with van der Waals surface area (Å²) in [5.41, 5.74) is 26.2. The number of hydrogen-bond acceptors (Lipinski definition) is 5. The molecule has 0 unspecified atom stereocenters. The fraction of sp³-hybridized carbons (Fsp3) is 0.571. The van der Waals surface area contributed by atoms with Crippen LogP contribution in [0.15, 0.2) is 10.2 Å². The maximum atomic E-state index is 11.8. The van der Waals surface area contributed by atoms with Crippen molar-refractivity contribution in [3.8, 4) is 0 Å². The molecule has 2 atom stereocenters. The van der Waals surface area contributed by atoms with E-state index < -0.39 is 12.3 Å². The van der Waals surface area contributed by atoms with E-state index in [0.29, 0.717) is 0 Å². The summed E-state index contributed by atoms with van der Waals surface area (Å²) in [4.78, 5) is 14.6. The van der Waals surface area contributed by atoms with E-state index >= 15 is 0 Å². The van der Waals surface area contributed by atoms with Crippen LogP contribution < -0.4 is 33.8 Å². The van der Waals surface area contributed by atoms with Crippen molar-refractivity contribution < 1.29 is 4.79 Å². The van der Waals surface area contributed by atoms with Crippen LogP contribution in [0.2, 0.25) is 0 Å². The molecule has 0 aromatic carbocycles. The first kappa shape index (κ1) is 13.5. The lowest BCUT2D eigenvalue weighted by Gasteiger charge is -2.24. The summed E-state index contributed by atoms with van der Waals surface area (Å²) in [7, 11) is 3.19. The normalized spacial score (nSPS) is 22.7. The number of carbonyl (C=O) groups is 1. The number of likely N-dealkylation sites (N-methyl/N-ethyl adjacent to an activating group) is 2. The molecule has 2 amide bonds. The number of amides is 2. The van der Waals surface area contributed by atoms with Crippen molar-refractivity contribution in [1.29, 1.82) is 0 Å². The number of hydrazone groups is 2. The molecule has 1 fully saturated rings. The maximum Gasteiger partial charge on any atom is 0.323 e. The van der Waals surface area contributed by atoms with Gasteiger partial charge >= 0.3 is 6.03 Å². The van der Waals surface area contributed by atoms with Crippen molar-refractivity contribution in [2.45, 2.75) is 12.3 Å². The quantitative estimate of drug-likeness (QED) is 0.170. The summed E-state index contributed by atoms with van der Waals surface area (Å²) in [6.07, 6.45) is -1.04. The van der Waals surface area contributed by atoms with Crippen LogP contribution in [0.1, 0.15) is 0 Å². The van der Waals surface area contributed by atoms with E-state index in [-0.39, 0.29) is 18.0 Å². The van der Waals surface area contributed by atoms with Gasteiger partial charge in [0, 0.05) is 14.1 Å². The highest BCUT2D eigenvalue weighted by molar-refractivity contribution is 5.78. The molecule has 0 spiro atoms. The number of nitrogens with zero attached hydrogens (tertiary/aromatic N) is 4. The maximum absolute atomic E-state index is 11.8. The largest absolute Gasteiger partial charge is 0.369 e. The van der Waals surface area contributed by atoms with Crippen LogP contribution in [0.25, 0.3) is 0 Å². The van der Waals surface area contributed by atoms with E-state index in [9.17, 15) is 4.79 Å². The third-order valence-electron chi connectivity index (χ3n) is 2.39. The monoisotopic (exact) mass is 258 g/mol. The van der Waals surface area contributed by atoms with Gasteiger partial charge in [-0.05, 0) is 0 Å². The molecular weight excluding hydrogens is 240 g/mol. The van der Waals surface area contributed by atoms with E-state index in [4.69, 9.17) is 22.9 Å². The molecule has 1 saturated heterocycles. The Morgan fingerprint density at radius 2 is 1.33 bits per heavy atom. The highest BCUT2D eigenvalue weighted by Crippen LogP contribution is 2.15. The first-order valence-corrected chi connectivity index (χ1v) is 5.02. The highest BCUT2D eigenvalue weighted by atomic mass is 16.2. The van der Waals surface area contributed by atoms with Crippen LogP contribution in [-0.2, 0) is 0 Å². The zero-order chi connectivity index (χ0) is 13.9. The van der Waals surface area contributed by atoms with Crippen molar-refractivity contribution in [2.75, 3.05) is 14.1 Å². The molecule has 1 aliphatic heterocycles. The van der Waals surface area contributed by atoms with Crippen molar-refractivity contribution in [3.05, 3.63) is 0 Å². The summed E-state index contributed by atoms with van der Waals surface area (Å²) >= 11 is 0. The number of urea groups is 1. The summed E-state index contributed by atoms with van der Waals surface area (Å²) in [6.45, 7) is 0. The van der Waals surface area contributed by atoms with Gasteiger partial charge in [-0.15, -0.1) is 10.2 Å². The molecule has 102 valence electrons. The number of rotatable bonds is 4. The summed E-state index contributed by atoms with van der Waals surface area (Å²) < 4.78 is 0. The molecule has 1 heterocycles. The van der Waals surface area contributed by atoms with Crippen molar-refractivity contribution in [1.82, 2.24) is 20.7 Å². The summed E-state index contributed by atoms with van der Waals surface area (Å²) in [5, 5.41) is 7.31. The first-order valence-electron chi connectivity index (χ1n) is 5.02. The number of nitrogens with one attached hydrogen (secondary N) is 2. The van der Waals surface area contributed by atoms with Crippen LogP contribution in [0.5, 0.6) is 0 Å². The van der Waals surface area contributed by atoms with Crippen molar-refractivity contribution in [3.63, 3.8) is 0 Å². The Balaban J connectivity index is 2.84. The molecule has 10 N–H and O–H groups in total. The molecule has 18 heavy (non-hydrogen) atoms. The van der Waals surface area contributed by atoms with Crippen LogP contribution in [0.3, 0.4) is 0 Å². The molecule has 1 rings (SSSR count). The van der Waals surface area contributed by atoms with E-state index in [2.05, 4.69) is 21.1 Å². The number of carbonyl (C=O) groups excluding carboxylic acids is 1. The Kier molecular flexibility index (Phi) is 3.86. The van der Waals surface area contributed by atoms with Gasteiger partial charge in [0.15, 0.2) is 12.3 Å². The predicted molar refractivity (Wildman–Crippen MR) is 66.4 cm³/mol. The van der Waals surface area contributed by atoms with Gasteiger partial charge in [-0.25, -0.2) is 4.79 Å². The fourth-order valence-electron chi connectivity index (χ4n) is 1.51. The lowest BCUT2D eigenvalue weighted by molar-refractivity contribution is 0.197. The second-order valence-corrected chi connectivity index (χ2v) is 3.73. The van der Waals surface area contributed by atoms with Crippen LogP contribution in [0.4, 0.5) is 4.79 Å². The van der Waals surface area contributed by atoms with E-state index in [0.717, 1.165) is 0 Å². The van der Waals surface area contributed by atoms with Gasteiger partial charge in [0.05, 0.1) is 0 Å². The van der Waals surface area contributed by atoms with Gasteiger partial charge in [0.1, 0.15) is 0 Å². The Hall–Kier alpha value is -2.59. The van der Waals surface area contributed by atoms with Gasteiger partial charge in [0.2, 0.25) is 11.9 Å². The topological polar surface area (TPSA) is 176 Å². The molecule has 0 aromatic heterocycles. The van der Waals surface area contributed by atoms with Gasteiger partial charge in [-0.1, -0.05) is 0 Å². The zero-order valence-electron chi connectivity index (χ0n) is 10.2.